The van der Waals surface area contributed by atoms with Crippen LogP contribution in [0.5, 0.6) is 5.75 Å². The first-order valence-electron chi connectivity index (χ1n) is 7.31. The molecule has 2 rings (SSSR count). The normalized spacial score (nSPS) is 16.1. The van der Waals surface area contributed by atoms with E-state index < -0.39 is 7.12 Å². The smallest absolute Gasteiger partial charge is 0.488 e. The monoisotopic (exact) mass is 278 g/mol. The molecule has 1 aliphatic rings. The molecule has 0 heterocycles. The van der Waals surface area contributed by atoms with Crippen LogP contribution >= 0.6 is 0 Å². The second kappa shape index (κ2) is 7.67. The van der Waals surface area contributed by atoms with E-state index in [-0.39, 0.29) is 0 Å². The highest BCUT2D eigenvalue weighted by atomic mass is 16.5. The molecule has 0 unspecified atom stereocenters. The fourth-order valence-electron chi connectivity index (χ4n) is 2.76. The highest BCUT2D eigenvalue weighted by Crippen LogP contribution is 2.24. The van der Waals surface area contributed by atoms with Crippen LogP contribution in [0.15, 0.2) is 18.2 Å². The zero-order chi connectivity index (χ0) is 14.4. The van der Waals surface area contributed by atoms with E-state index in [1.165, 1.54) is 32.1 Å². The Kier molecular flexibility index (Phi) is 5.89. The van der Waals surface area contributed by atoms with Gasteiger partial charge in [-0.3, -0.25) is 0 Å². The molecule has 2 N–H and O–H groups in total. The Labute approximate surface area is 120 Å². The molecule has 1 aliphatic carbocycles. The average molecular weight is 278 g/mol. The number of ether oxygens (including phenoxy) is 2. The maximum atomic E-state index is 9.21. The van der Waals surface area contributed by atoms with E-state index in [1.54, 1.807) is 25.3 Å². The van der Waals surface area contributed by atoms with Crippen LogP contribution in [0.25, 0.3) is 0 Å². The second-order valence-electron chi connectivity index (χ2n) is 5.46. The predicted octanol–water partition coefficient (Wildman–Crippen LogP) is 1.47. The molecule has 1 saturated carbocycles. The van der Waals surface area contributed by atoms with Crippen molar-refractivity contribution in [2.24, 2.45) is 5.92 Å². The zero-order valence-electron chi connectivity index (χ0n) is 12.0. The van der Waals surface area contributed by atoms with Crippen LogP contribution in [-0.4, -0.2) is 30.9 Å². The summed E-state index contributed by atoms with van der Waals surface area (Å²) in [5.41, 5.74) is 1.32. The van der Waals surface area contributed by atoms with Gasteiger partial charge in [0.1, 0.15) is 5.75 Å². The van der Waals surface area contributed by atoms with Crippen LogP contribution in [0.3, 0.4) is 0 Å². The Morgan fingerprint density at radius 1 is 1.20 bits per heavy atom. The molecule has 5 heteroatoms. The summed E-state index contributed by atoms with van der Waals surface area (Å²) in [6.45, 7) is 1.22. The van der Waals surface area contributed by atoms with Crippen LogP contribution in [0.1, 0.15) is 37.7 Å². The summed E-state index contributed by atoms with van der Waals surface area (Å²) < 4.78 is 11.1. The van der Waals surface area contributed by atoms with Crippen molar-refractivity contribution in [2.45, 2.75) is 38.7 Å². The minimum Gasteiger partial charge on any atom is -0.496 e. The molecule has 0 amide bonds. The molecule has 0 bridgehead atoms. The number of methoxy groups -OCH3 is 1. The minimum atomic E-state index is -1.46. The minimum absolute atomic E-state index is 0.445. The number of rotatable bonds is 6. The van der Waals surface area contributed by atoms with E-state index >= 15 is 0 Å². The Hall–Kier alpha value is -1.04. The first-order chi connectivity index (χ1) is 9.70. The molecule has 1 aromatic rings. The van der Waals surface area contributed by atoms with E-state index in [4.69, 9.17) is 9.47 Å². The molecule has 0 spiro atoms. The van der Waals surface area contributed by atoms with E-state index in [0.717, 1.165) is 17.9 Å². The van der Waals surface area contributed by atoms with Gasteiger partial charge in [-0.25, -0.2) is 0 Å². The molecule has 1 fully saturated rings. The maximum Gasteiger partial charge on any atom is 0.488 e. The lowest BCUT2D eigenvalue weighted by Crippen LogP contribution is -2.30. The van der Waals surface area contributed by atoms with Crippen molar-refractivity contribution in [1.82, 2.24) is 0 Å². The van der Waals surface area contributed by atoms with Gasteiger partial charge >= 0.3 is 7.12 Å². The lowest BCUT2D eigenvalue weighted by molar-refractivity contribution is 0.0728. The summed E-state index contributed by atoms with van der Waals surface area (Å²) in [5, 5.41) is 18.4. The topological polar surface area (TPSA) is 58.9 Å². The van der Waals surface area contributed by atoms with Gasteiger partial charge in [-0.2, -0.15) is 0 Å². The lowest BCUT2D eigenvalue weighted by Gasteiger charge is -2.21. The molecule has 20 heavy (non-hydrogen) atoms. The standard InChI is InChI=1S/C15H23BO4/c1-19-15-8-7-14(16(17)18)9-13(15)11-20-10-12-5-3-2-4-6-12/h7-9,12,17-18H,2-6,10-11H2,1H3. The summed E-state index contributed by atoms with van der Waals surface area (Å²) in [6.07, 6.45) is 6.48. The van der Waals surface area contributed by atoms with Gasteiger partial charge in [0.05, 0.1) is 13.7 Å². The van der Waals surface area contributed by atoms with Gasteiger partial charge in [0.25, 0.3) is 0 Å². The Bertz CT molecular complexity index is 416. The van der Waals surface area contributed by atoms with Gasteiger partial charge in [-0.15, -0.1) is 0 Å². The van der Waals surface area contributed by atoms with Crippen LogP contribution < -0.4 is 10.2 Å². The van der Waals surface area contributed by atoms with E-state index in [0.29, 0.717) is 18.0 Å². The summed E-state index contributed by atoms with van der Waals surface area (Å²) in [7, 11) is 0.146. The molecule has 0 aliphatic heterocycles. The molecule has 0 aromatic heterocycles. The quantitative estimate of drug-likeness (QED) is 0.774. The van der Waals surface area contributed by atoms with Crippen LogP contribution in [0, 0.1) is 5.92 Å². The van der Waals surface area contributed by atoms with Crippen molar-refractivity contribution in [3.63, 3.8) is 0 Å². The fourth-order valence-corrected chi connectivity index (χ4v) is 2.76. The number of hydrogen-bond acceptors (Lipinski definition) is 4. The highest BCUT2D eigenvalue weighted by molar-refractivity contribution is 6.58. The van der Waals surface area contributed by atoms with Crippen molar-refractivity contribution in [3.8, 4) is 5.75 Å². The second-order valence-corrected chi connectivity index (χ2v) is 5.46. The van der Waals surface area contributed by atoms with Crippen LogP contribution in [-0.2, 0) is 11.3 Å². The van der Waals surface area contributed by atoms with Gasteiger partial charge in [0, 0.05) is 12.2 Å². The summed E-state index contributed by atoms with van der Waals surface area (Å²) in [5.74, 6) is 1.39. The van der Waals surface area contributed by atoms with Crippen molar-refractivity contribution < 1.29 is 19.5 Å². The third-order valence-corrected chi connectivity index (χ3v) is 3.94. The van der Waals surface area contributed by atoms with Crippen LogP contribution in [0.2, 0.25) is 0 Å². The maximum absolute atomic E-state index is 9.21. The molecule has 4 nitrogen and oxygen atoms in total. The third-order valence-electron chi connectivity index (χ3n) is 3.94. The lowest BCUT2D eigenvalue weighted by atomic mass is 9.79. The predicted molar refractivity (Wildman–Crippen MR) is 79.1 cm³/mol. The number of hydrogen-bond donors (Lipinski definition) is 2. The molecule has 0 atom stereocenters. The van der Waals surface area contributed by atoms with Gasteiger partial charge in [0.2, 0.25) is 0 Å². The Morgan fingerprint density at radius 3 is 2.60 bits per heavy atom. The molecule has 110 valence electrons. The largest absolute Gasteiger partial charge is 0.496 e. The van der Waals surface area contributed by atoms with E-state index in [2.05, 4.69) is 0 Å². The Morgan fingerprint density at radius 2 is 1.95 bits per heavy atom. The SMILES string of the molecule is COc1ccc(B(O)O)cc1COCC1CCCCC1. The van der Waals surface area contributed by atoms with E-state index in [1.807, 2.05) is 0 Å². The highest BCUT2D eigenvalue weighted by Gasteiger charge is 2.16. The summed E-state index contributed by atoms with van der Waals surface area (Å²) >= 11 is 0. The molecular formula is C15H23BO4. The van der Waals surface area contributed by atoms with Crippen molar-refractivity contribution in [2.75, 3.05) is 13.7 Å². The number of benzene rings is 1. The fraction of sp³-hybridized carbons (Fsp3) is 0.600. The molecular weight excluding hydrogens is 255 g/mol. The van der Waals surface area contributed by atoms with Gasteiger partial charge in [-0.05, 0) is 30.3 Å². The van der Waals surface area contributed by atoms with Gasteiger partial charge < -0.3 is 19.5 Å². The summed E-state index contributed by atoms with van der Waals surface area (Å²) in [4.78, 5) is 0. The Balaban J connectivity index is 1.91. The van der Waals surface area contributed by atoms with Crippen molar-refractivity contribution >= 4 is 12.6 Å². The first kappa shape index (κ1) is 15.4. The van der Waals surface area contributed by atoms with Crippen molar-refractivity contribution in [1.29, 1.82) is 0 Å². The van der Waals surface area contributed by atoms with Gasteiger partial charge in [-0.1, -0.05) is 31.4 Å². The molecule has 0 saturated heterocycles. The molecule has 0 radical (unpaired) electrons. The third kappa shape index (κ3) is 4.23. The molecule has 1 aromatic carbocycles. The summed E-state index contributed by atoms with van der Waals surface area (Å²) in [6, 6.07) is 5.12. The van der Waals surface area contributed by atoms with Crippen LogP contribution in [0.4, 0.5) is 0 Å². The average Bonchev–Trinajstić information content (AvgIpc) is 2.48. The van der Waals surface area contributed by atoms with E-state index in [9.17, 15) is 10.0 Å². The van der Waals surface area contributed by atoms with Crippen molar-refractivity contribution in [3.05, 3.63) is 23.8 Å². The first-order valence-corrected chi connectivity index (χ1v) is 7.31. The van der Waals surface area contributed by atoms with Gasteiger partial charge in [0.15, 0.2) is 0 Å². The zero-order valence-corrected chi connectivity index (χ0v) is 12.0.